The molecule has 1 fully saturated rings. The zero-order valence-electron chi connectivity index (χ0n) is 13.8. The molecule has 0 aliphatic carbocycles. The molecule has 1 saturated heterocycles. The van der Waals surface area contributed by atoms with Gasteiger partial charge in [0.05, 0.1) is 11.4 Å². The van der Waals surface area contributed by atoms with Gasteiger partial charge < -0.3 is 15.3 Å². The number of aliphatic hydroxyl groups excluding tert-OH is 1. The van der Waals surface area contributed by atoms with Gasteiger partial charge in [0.25, 0.3) is 0 Å². The highest BCUT2D eigenvalue weighted by molar-refractivity contribution is 5.74. The normalized spacial score (nSPS) is 17.7. The molecule has 2 N–H and O–H groups in total. The fourth-order valence-electron chi connectivity index (χ4n) is 3.03. The lowest BCUT2D eigenvalue weighted by atomic mass is 9.99. The van der Waals surface area contributed by atoms with Crippen LogP contribution < -0.4 is 5.32 Å². The number of rotatable bonds is 5. The molecule has 1 aliphatic heterocycles. The largest absolute Gasteiger partial charge is 0.396 e. The predicted octanol–water partition coefficient (Wildman–Crippen LogP) is 1.83. The molecule has 1 aromatic heterocycles. The summed E-state index contributed by atoms with van der Waals surface area (Å²) in [5, 5.41) is 16.7. The molecule has 3 rings (SSSR count). The third kappa shape index (κ3) is 4.14. The minimum atomic E-state index is -0.0457. The van der Waals surface area contributed by atoms with E-state index in [2.05, 4.69) is 10.4 Å². The molecule has 24 heavy (non-hydrogen) atoms. The van der Waals surface area contributed by atoms with Crippen LogP contribution in [0.15, 0.2) is 42.6 Å². The van der Waals surface area contributed by atoms with Crippen molar-refractivity contribution < 1.29 is 9.90 Å². The van der Waals surface area contributed by atoms with E-state index in [-0.39, 0.29) is 18.6 Å². The van der Waals surface area contributed by atoms with Crippen molar-refractivity contribution in [2.24, 2.45) is 5.92 Å². The molecule has 2 aromatic rings. The maximum atomic E-state index is 12.2. The molecule has 6 nitrogen and oxygen atoms in total. The third-order valence-electron chi connectivity index (χ3n) is 4.39. The number of nitrogens with one attached hydrogen (secondary N) is 1. The van der Waals surface area contributed by atoms with Crippen LogP contribution in [0.1, 0.15) is 18.5 Å². The molecular weight excluding hydrogens is 304 g/mol. The van der Waals surface area contributed by atoms with Crippen LogP contribution in [0.5, 0.6) is 0 Å². The molecule has 6 heteroatoms. The van der Waals surface area contributed by atoms with Crippen LogP contribution in [0.3, 0.4) is 0 Å². The molecule has 0 bridgehead atoms. The zero-order valence-corrected chi connectivity index (χ0v) is 13.8. The molecule has 1 aliphatic rings. The highest BCUT2D eigenvalue weighted by Crippen LogP contribution is 2.15. The zero-order chi connectivity index (χ0) is 16.8. The molecule has 2 amide bonds. The summed E-state index contributed by atoms with van der Waals surface area (Å²) in [6.45, 7) is 2.13. The van der Waals surface area contributed by atoms with Crippen molar-refractivity contribution in [3.8, 4) is 5.69 Å². The first-order valence-electron chi connectivity index (χ1n) is 8.50. The second kappa shape index (κ2) is 7.97. The number of aliphatic hydroxyl groups is 1. The highest BCUT2D eigenvalue weighted by Gasteiger charge is 2.22. The number of hydrogen-bond donors (Lipinski definition) is 2. The summed E-state index contributed by atoms with van der Waals surface area (Å²) in [4.78, 5) is 14.0. The van der Waals surface area contributed by atoms with Gasteiger partial charge in [-0.3, -0.25) is 0 Å². The van der Waals surface area contributed by atoms with E-state index >= 15 is 0 Å². The number of piperidine rings is 1. The lowest BCUT2D eigenvalue weighted by Gasteiger charge is -2.31. The van der Waals surface area contributed by atoms with Crippen molar-refractivity contribution >= 4 is 6.03 Å². The Morgan fingerprint density at radius 2 is 2.12 bits per heavy atom. The maximum absolute atomic E-state index is 12.2. The standard InChI is InChI=1S/C18H24N4O2/c23-14-15-5-4-11-21(13-15)18(24)19-10-8-16-9-12-22(20-16)17-6-2-1-3-7-17/h1-3,6-7,9,12,15,23H,4-5,8,10-11,13-14H2,(H,19,24)/t15-/m0/s1. The van der Waals surface area contributed by atoms with E-state index in [1.807, 2.05) is 47.3 Å². The Bertz CT molecular complexity index is 656. The first-order chi connectivity index (χ1) is 11.8. The minimum Gasteiger partial charge on any atom is -0.396 e. The number of likely N-dealkylation sites (tertiary alicyclic amines) is 1. The average Bonchev–Trinajstić information content (AvgIpc) is 3.11. The van der Waals surface area contributed by atoms with E-state index in [1.165, 1.54) is 0 Å². The Morgan fingerprint density at radius 1 is 1.29 bits per heavy atom. The van der Waals surface area contributed by atoms with Gasteiger partial charge in [-0.1, -0.05) is 18.2 Å². The van der Waals surface area contributed by atoms with Gasteiger partial charge >= 0.3 is 6.03 Å². The second-order valence-corrected chi connectivity index (χ2v) is 6.21. The van der Waals surface area contributed by atoms with Crippen LogP contribution in [0.25, 0.3) is 5.69 Å². The summed E-state index contributed by atoms with van der Waals surface area (Å²) < 4.78 is 1.84. The molecule has 1 atom stereocenters. The Labute approximate surface area is 142 Å². The number of urea groups is 1. The van der Waals surface area contributed by atoms with Gasteiger partial charge in [0.1, 0.15) is 0 Å². The summed E-state index contributed by atoms with van der Waals surface area (Å²) >= 11 is 0. The number of hydrogen-bond acceptors (Lipinski definition) is 3. The van der Waals surface area contributed by atoms with Crippen LogP contribution >= 0.6 is 0 Å². The molecule has 0 saturated carbocycles. The summed E-state index contributed by atoms with van der Waals surface area (Å²) in [6, 6.07) is 11.9. The first kappa shape index (κ1) is 16.5. The van der Waals surface area contributed by atoms with Crippen LogP contribution in [-0.2, 0) is 6.42 Å². The average molecular weight is 328 g/mol. The third-order valence-corrected chi connectivity index (χ3v) is 4.39. The number of nitrogens with zero attached hydrogens (tertiary/aromatic N) is 3. The van der Waals surface area contributed by atoms with Crippen molar-refractivity contribution in [3.05, 3.63) is 48.3 Å². The van der Waals surface area contributed by atoms with Gasteiger partial charge in [-0.2, -0.15) is 5.10 Å². The Balaban J connectivity index is 1.46. The number of carbonyl (C=O) groups is 1. The van der Waals surface area contributed by atoms with Gasteiger partial charge in [0, 0.05) is 38.9 Å². The Hall–Kier alpha value is -2.34. The quantitative estimate of drug-likeness (QED) is 0.880. The number of carbonyl (C=O) groups excluding carboxylic acids is 1. The van der Waals surface area contributed by atoms with Crippen molar-refractivity contribution in [1.29, 1.82) is 0 Å². The first-order valence-corrected chi connectivity index (χ1v) is 8.50. The van der Waals surface area contributed by atoms with Gasteiger partial charge in [0.2, 0.25) is 0 Å². The van der Waals surface area contributed by atoms with Gasteiger partial charge in [-0.05, 0) is 37.0 Å². The van der Waals surface area contributed by atoms with Crippen molar-refractivity contribution in [1.82, 2.24) is 20.0 Å². The second-order valence-electron chi connectivity index (χ2n) is 6.21. The number of para-hydroxylation sites is 1. The van der Waals surface area contributed by atoms with Crippen molar-refractivity contribution in [2.75, 3.05) is 26.2 Å². The maximum Gasteiger partial charge on any atom is 0.317 e. The monoisotopic (exact) mass is 328 g/mol. The van der Waals surface area contributed by atoms with Crippen LogP contribution in [0.2, 0.25) is 0 Å². The van der Waals surface area contributed by atoms with E-state index in [9.17, 15) is 9.90 Å². The Morgan fingerprint density at radius 3 is 2.92 bits per heavy atom. The molecule has 0 radical (unpaired) electrons. The van der Waals surface area contributed by atoms with Gasteiger partial charge in [-0.25, -0.2) is 9.48 Å². The summed E-state index contributed by atoms with van der Waals surface area (Å²) in [5.74, 6) is 0.214. The van der Waals surface area contributed by atoms with Crippen LogP contribution in [-0.4, -0.2) is 52.1 Å². The van der Waals surface area contributed by atoms with E-state index in [0.29, 0.717) is 19.5 Å². The molecule has 0 unspecified atom stereocenters. The molecule has 0 spiro atoms. The fourth-order valence-corrected chi connectivity index (χ4v) is 3.03. The van der Waals surface area contributed by atoms with Crippen molar-refractivity contribution in [2.45, 2.75) is 19.3 Å². The molecular formula is C18H24N4O2. The van der Waals surface area contributed by atoms with Gasteiger partial charge in [0.15, 0.2) is 0 Å². The van der Waals surface area contributed by atoms with E-state index in [1.54, 1.807) is 4.90 Å². The number of benzene rings is 1. The summed E-state index contributed by atoms with van der Waals surface area (Å²) in [6.07, 6.45) is 4.59. The molecule has 2 heterocycles. The highest BCUT2D eigenvalue weighted by atomic mass is 16.3. The SMILES string of the molecule is O=C(NCCc1ccn(-c2ccccc2)n1)N1CCC[C@H](CO)C1. The minimum absolute atomic E-state index is 0.0457. The number of aromatic nitrogens is 2. The molecule has 128 valence electrons. The van der Waals surface area contributed by atoms with Gasteiger partial charge in [-0.15, -0.1) is 0 Å². The molecule has 1 aromatic carbocycles. The van der Waals surface area contributed by atoms with Crippen LogP contribution in [0.4, 0.5) is 4.79 Å². The summed E-state index contributed by atoms with van der Waals surface area (Å²) in [7, 11) is 0. The van der Waals surface area contributed by atoms with E-state index < -0.39 is 0 Å². The lowest BCUT2D eigenvalue weighted by molar-refractivity contribution is 0.129. The lowest BCUT2D eigenvalue weighted by Crippen LogP contribution is -2.46. The topological polar surface area (TPSA) is 70.4 Å². The van der Waals surface area contributed by atoms with Crippen LogP contribution in [0, 0.1) is 5.92 Å². The predicted molar refractivity (Wildman–Crippen MR) is 92.0 cm³/mol. The fraction of sp³-hybridized carbons (Fsp3) is 0.444. The van der Waals surface area contributed by atoms with Crippen molar-refractivity contribution in [3.63, 3.8) is 0 Å². The number of amides is 2. The Kier molecular flexibility index (Phi) is 5.48. The smallest absolute Gasteiger partial charge is 0.317 e. The summed E-state index contributed by atoms with van der Waals surface area (Å²) in [5.41, 5.74) is 1.97. The van der Waals surface area contributed by atoms with E-state index in [0.717, 1.165) is 30.8 Å². The van der Waals surface area contributed by atoms with E-state index in [4.69, 9.17) is 0 Å².